The topological polar surface area (TPSA) is 108 Å². The van der Waals surface area contributed by atoms with Crippen LogP contribution in [-0.2, 0) is 35.0 Å². The van der Waals surface area contributed by atoms with E-state index in [-0.39, 0.29) is 6.42 Å². The van der Waals surface area contributed by atoms with Crippen molar-refractivity contribution in [2.45, 2.75) is 51.1 Å². The number of hydrogen-bond donors (Lipinski definition) is 1. The molecule has 0 aliphatic heterocycles. The van der Waals surface area contributed by atoms with Gasteiger partial charge in [-0.15, -0.1) is 0 Å². The Bertz CT molecular complexity index is 820. The van der Waals surface area contributed by atoms with Gasteiger partial charge in [0, 0.05) is 0 Å². The smallest absolute Gasteiger partial charge is 0.456 e. The first-order valence-corrected chi connectivity index (χ1v) is 10.5. The lowest BCUT2D eigenvalue weighted by Crippen LogP contribution is -2.50. The van der Waals surface area contributed by atoms with Gasteiger partial charge in [0.1, 0.15) is 18.3 Å². The summed E-state index contributed by atoms with van der Waals surface area (Å²) < 4.78 is 74.7. The van der Waals surface area contributed by atoms with E-state index in [1.165, 1.54) is 0 Å². The van der Waals surface area contributed by atoms with Gasteiger partial charge in [-0.1, -0.05) is 30.3 Å². The molecule has 0 saturated heterocycles. The first-order valence-electron chi connectivity index (χ1n) is 8.72. The van der Waals surface area contributed by atoms with Crippen molar-refractivity contribution in [2.24, 2.45) is 0 Å². The number of halogens is 3. The number of carbonyl (C=O) groups is 2. The van der Waals surface area contributed by atoms with Crippen LogP contribution >= 0.6 is 0 Å². The predicted octanol–water partition coefficient (Wildman–Crippen LogP) is 2.57. The molecule has 1 amide bonds. The van der Waals surface area contributed by atoms with Crippen LogP contribution in [0.4, 0.5) is 18.0 Å². The van der Waals surface area contributed by atoms with Crippen molar-refractivity contribution < 1.29 is 44.8 Å². The average Bonchev–Trinajstić information content (AvgIpc) is 2.55. The Hall–Kier alpha value is -2.34. The Labute approximate surface area is 172 Å². The maximum Gasteiger partial charge on any atom is 0.490 e. The number of rotatable bonds is 8. The summed E-state index contributed by atoms with van der Waals surface area (Å²) >= 11 is 0. The zero-order valence-corrected chi connectivity index (χ0v) is 17.7. The second kappa shape index (κ2) is 10.1. The summed E-state index contributed by atoms with van der Waals surface area (Å²) in [6.45, 7) is 3.70. The third kappa shape index (κ3) is 10.4. The van der Waals surface area contributed by atoms with Crippen LogP contribution in [0, 0.1) is 0 Å². The molecule has 0 saturated carbocycles. The molecule has 12 heteroatoms. The predicted molar refractivity (Wildman–Crippen MR) is 100 cm³/mol. The summed E-state index contributed by atoms with van der Waals surface area (Å²) in [6.07, 6.45) is -7.22. The van der Waals surface area contributed by atoms with Crippen LogP contribution in [0.2, 0.25) is 0 Å². The van der Waals surface area contributed by atoms with E-state index in [0.29, 0.717) is 11.8 Å². The minimum atomic E-state index is -5.27. The molecule has 1 aromatic carbocycles. The molecule has 30 heavy (non-hydrogen) atoms. The number of amides is 1. The number of alkyl carbamates (subject to hydrolysis) is 1. The lowest BCUT2D eigenvalue weighted by atomic mass is 10.0. The molecule has 0 aromatic heterocycles. The van der Waals surface area contributed by atoms with Crippen molar-refractivity contribution in [3.63, 3.8) is 0 Å². The van der Waals surface area contributed by atoms with E-state index in [4.69, 9.17) is 8.92 Å². The van der Waals surface area contributed by atoms with Gasteiger partial charge in [0.05, 0.1) is 12.3 Å². The van der Waals surface area contributed by atoms with Gasteiger partial charge >= 0.3 is 18.2 Å². The third-order valence-electron chi connectivity index (χ3n) is 3.36. The van der Waals surface area contributed by atoms with Gasteiger partial charge in [0.25, 0.3) is 10.1 Å². The number of nitrogens with one attached hydrogen (secondary N) is 1. The quantitative estimate of drug-likeness (QED) is 0.474. The number of alkyl halides is 3. The van der Waals surface area contributed by atoms with Gasteiger partial charge in [-0.2, -0.15) is 21.6 Å². The van der Waals surface area contributed by atoms with E-state index in [0.717, 1.165) is 0 Å². The van der Waals surface area contributed by atoms with Crippen LogP contribution in [0.3, 0.4) is 0 Å². The van der Waals surface area contributed by atoms with Gasteiger partial charge in [0.2, 0.25) is 0 Å². The fraction of sp³-hybridized carbons (Fsp3) is 0.556. The summed E-state index contributed by atoms with van der Waals surface area (Å²) in [7, 11) is -4.18. The second-order valence-corrected chi connectivity index (χ2v) is 8.98. The summed E-state index contributed by atoms with van der Waals surface area (Å²) in [6, 6.07) is 7.19. The molecule has 1 aromatic rings. The highest BCUT2D eigenvalue weighted by atomic mass is 32.2. The second-order valence-electron chi connectivity index (χ2n) is 7.38. The van der Waals surface area contributed by atoms with Gasteiger partial charge < -0.3 is 14.8 Å². The van der Waals surface area contributed by atoms with Gasteiger partial charge in [-0.3, -0.25) is 4.18 Å². The third-order valence-corrected chi connectivity index (χ3v) is 3.95. The Morgan fingerprint density at radius 1 is 1.10 bits per heavy atom. The first-order chi connectivity index (χ1) is 13.6. The molecule has 0 unspecified atom stereocenters. The van der Waals surface area contributed by atoms with Crippen molar-refractivity contribution >= 4 is 22.2 Å². The molecule has 0 heterocycles. The number of benzene rings is 1. The molecule has 0 radical (unpaired) electrons. The minimum absolute atomic E-state index is 0.0379. The molecule has 170 valence electrons. The molecule has 1 N–H and O–H groups in total. The molecule has 0 bridgehead atoms. The van der Waals surface area contributed by atoms with Crippen molar-refractivity contribution in [3.05, 3.63) is 35.9 Å². The molecule has 0 aliphatic rings. The molecular formula is C18H24F3NO7S. The first kappa shape index (κ1) is 25.7. The van der Waals surface area contributed by atoms with E-state index in [9.17, 15) is 31.2 Å². The van der Waals surface area contributed by atoms with Crippen LogP contribution < -0.4 is 5.32 Å². The molecule has 1 rings (SSSR count). The molecule has 0 spiro atoms. The standard InChI is InChI=1S/C18H24F3NO7S/c1-17(2,3)28-16(24)22-13(10-12-8-6-5-7-9-12)14(29-30(4,25)26)11-27-15(23)18(19,20)21/h5-9,13-14H,10-11H2,1-4H3,(H,22,24)/t13-,14-/m0/s1. The van der Waals surface area contributed by atoms with Crippen molar-refractivity contribution in [3.8, 4) is 0 Å². The van der Waals surface area contributed by atoms with Crippen LogP contribution in [0.5, 0.6) is 0 Å². The molecule has 0 fully saturated rings. The zero-order chi connectivity index (χ0) is 23.2. The summed E-state index contributed by atoms with van der Waals surface area (Å²) in [5.41, 5.74) is -0.278. The number of carbonyl (C=O) groups excluding carboxylic acids is 2. The Kier molecular flexibility index (Phi) is 8.66. The Balaban J connectivity index is 3.14. The molecule has 0 aliphatic carbocycles. The highest BCUT2D eigenvalue weighted by Crippen LogP contribution is 2.19. The van der Waals surface area contributed by atoms with E-state index in [1.54, 1.807) is 51.1 Å². The zero-order valence-electron chi connectivity index (χ0n) is 16.9. The number of ether oxygens (including phenoxy) is 2. The largest absolute Gasteiger partial charge is 0.490 e. The van der Waals surface area contributed by atoms with Gasteiger partial charge in [-0.25, -0.2) is 9.59 Å². The maximum atomic E-state index is 12.5. The summed E-state index contributed by atoms with van der Waals surface area (Å²) in [4.78, 5) is 23.3. The highest BCUT2D eigenvalue weighted by molar-refractivity contribution is 7.86. The molecule has 2 atom stereocenters. The Morgan fingerprint density at radius 2 is 1.67 bits per heavy atom. The maximum absolute atomic E-state index is 12.5. The number of esters is 1. The van der Waals surface area contributed by atoms with Crippen LogP contribution in [0.1, 0.15) is 26.3 Å². The highest BCUT2D eigenvalue weighted by Gasteiger charge is 2.42. The average molecular weight is 455 g/mol. The van der Waals surface area contributed by atoms with Crippen molar-refractivity contribution in [2.75, 3.05) is 12.9 Å². The van der Waals surface area contributed by atoms with Crippen LogP contribution in [0.25, 0.3) is 0 Å². The van der Waals surface area contributed by atoms with Gasteiger partial charge in [0.15, 0.2) is 0 Å². The normalized spacial score (nSPS) is 14.5. The molecular weight excluding hydrogens is 431 g/mol. The molecule has 8 nitrogen and oxygen atoms in total. The van der Waals surface area contributed by atoms with Crippen molar-refractivity contribution in [1.82, 2.24) is 5.32 Å². The van der Waals surface area contributed by atoms with Gasteiger partial charge in [-0.05, 0) is 32.8 Å². The fourth-order valence-corrected chi connectivity index (χ4v) is 2.92. The van der Waals surface area contributed by atoms with E-state index < -0.39 is 52.7 Å². The van der Waals surface area contributed by atoms with Crippen LogP contribution in [0.15, 0.2) is 30.3 Å². The Morgan fingerprint density at radius 3 is 2.13 bits per heavy atom. The van der Waals surface area contributed by atoms with Crippen molar-refractivity contribution in [1.29, 1.82) is 0 Å². The minimum Gasteiger partial charge on any atom is -0.456 e. The summed E-state index contributed by atoms with van der Waals surface area (Å²) in [5.74, 6) is -2.51. The van der Waals surface area contributed by atoms with Crippen LogP contribution in [-0.4, -0.2) is 57.3 Å². The monoisotopic (exact) mass is 455 g/mol. The lowest BCUT2D eigenvalue weighted by Gasteiger charge is -2.28. The van der Waals surface area contributed by atoms with E-state index >= 15 is 0 Å². The summed E-state index contributed by atoms with van der Waals surface area (Å²) in [5, 5.41) is 2.38. The lowest BCUT2D eigenvalue weighted by molar-refractivity contribution is -0.201. The van der Waals surface area contributed by atoms with E-state index in [2.05, 4.69) is 10.1 Å². The number of hydrogen-bond acceptors (Lipinski definition) is 7. The van der Waals surface area contributed by atoms with E-state index in [1.807, 2.05) is 0 Å². The fourth-order valence-electron chi connectivity index (χ4n) is 2.28. The SMILES string of the molecule is CC(C)(C)OC(=O)N[C@@H](Cc1ccccc1)[C@H](COC(=O)C(F)(F)F)OS(C)(=O)=O.